The lowest BCUT2D eigenvalue weighted by Gasteiger charge is -2.39. The smallest absolute Gasteiger partial charge is 0.253 e. The summed E-state index contributed by atoms with van der Waals surface area (Å²) in [6, 6.07) is 9.53. The first kappa shape index (κ1) is 19.5. The lowest BCUT2D eigenvalue weighted by atomic mass is 9.92. The summed E-state index contributed by atoms with van der Waals surface area (Å²) in [6.45, 7) is 8.05. The molecule has 2 fully saturated rings. The van der Waals surface area contributed by atoms with Crippen molar-refractivity contribution >= 4 is 23.1 Å². The zero-order chi connectivity index (χ0) is 20.5. The van der Waals surface area contributed by atoms with E-state index in [1.807, 2.05) is 40.7 Å². The number of piperazine rings is 1. The minimum absolute atomic E-state index is 0.115. The zero-order valence-corrected chi connectivity index (χ0v) is 18.1. The van der Waals surface area contributed by atoms with Gasteiger partial charge in [-0.2, -0.15) is 0 Å². The standard InChI is InChI=1S/C22H27N5O2S/c1-16-20(30-15-23-16)14-25-8-7-18-19(13-25)29-24-21(18)26-9-11-27(12-10-26)22(28)17-5-3-2-4-6-17/h2-6,15,18-19H,7-14H2,1H3. The maximum Gasteiger partial charge on any atom is 0.253 e. The van der Waals surface area contributed by atoms with Crippen molar-refractivity contribution in [3.63, 3.8) is 0 Å². The number of benzene rings is 1. The number of hydrogen-bond donors (Lipinski definition) is 0. The SMILES string of the molecule is Cc1ncsc1CN1CCC2C(N3CCN(C(=O)c4ccccc4)CC3)=NOC2C1. The summed E-state index contributed by atoms with van der Waals surface area (Å²) in [7, 11) is 0. The van der Waals surface area contributed by atoms with Crippen LogP contribution in [0.25, 0.3) is 0 Å². The van der Waals surface area contributed by atoms with E-state index in [1.165, 1.54) is 4.88 Å². The van der Waals surface area contributed by atoms with Crippen LogP contribution in [0.4, 0.5) is 0 Å². The lowest BCUT2D eigenvalue weighted by Crippen LogP contribution is -2.53. The van der Waals surface area contributed by atoms with Crippen molar-refractivity contribution in [1.82, 2.24) is 19.7 Å². The van der Waals surface area contributed by atoms with Crippen molar-refractivity contribution in [1.29, 1.82) is 0 Å². The summed E-state index contributed by atoms with van der Waals surface area (Å²) < 4.78 is 0. The minimum Gasteiger partial charge on any atom is -0.389 e. The Kier molecular flexibility index (Phi) is 5.43. The molecule has 4 heterocycles. The van der Waals surface area contributed by atoms with Gasteiger partial charge in [0.2, 0.25) is 0 Å². The van der Waals surface area contributed by atoms with Gasteiger partial charge >= 0.3 is 0 Å². The molecule has 1 aromatic heterocycles. The van der Waals surface area contributed by atoms with Crippen LogP contribution in [0.5, 0.6) is 0 Å². The van der Waals surface area contributed by atoms with Crippen LogP contribution in [0, 0.1) is 12.8 Å². The molecule has 0 bridgehead atoms. The van der Waals surface area contributed by atoms with Crippen LogP contribution in [0.3, 0.4) is 0 Å². The van der Waals surface area contributed by atoms with Crippen LogP contribution in [0.15, 0.2) is 41.0 Å². The molecule has 0 N–H and O–H groups in total. The molecule has 2 aromatic rings. The molecule has 3 aliphatic rings. The van der Waals surface area contributed by atoms with Crippen LogP contribution in [0.2, 0.25) is 0 Å². The molecule has 30 heavy (non-hydrogen) atoms. The molecule has 158 valence electrons. The number of fused-ring (bicyclic) bond motifs is 1. The van der Waals surface area contributed by atoms with Crippen molar-refractivity contribution in [2.75, 3.05) is 39.3 Å². The Labute approximate surface area is 180 Å². The number of carbonyl (C=O) groups is 1. The zero-order valence-electron chi connectivity index (χ0n) is 17.2. The van der Waals surface area contributed by atoms with E-state index in [2.05, 4.69) is 26.9 Å². The van der Waals surface area contributed by atoms with Gasteiger partial charge in [0, 0.05) is 49.7 Å². The predicted molar refractivity (Wildman–Crippen MR) is 116 cm³/mol. The van der Waals surface area contributed by atoms with Gasteiger partial charge < -0.3 is 14.6 Å². The fourth-order valence-electron chi connectivity index (χ4n) is 4.59. The van der Waals surface area contributed by atoms with Crippen LogP contribution >= 0.6 is 11.3 Å². The van der Waals surface area contributed by atoms with Crippen molar-refractivity contribution in [2.45, 2.75) is 26.0 Å². The first-order chi connectivity index (χ1) is 14.7. The van der Waals surface area contributed by atoms with Crippen LogP contribution in [-0.2, 0) is 11.4 Å². The van der Waals surface area contributed by atoms with Crippen molar-refractivity contribution in [2.24, 2.45) is 11.1 Å². The number of amides is 1. The molecule has 0 radical (unpaired) electrons. The minimum atomic E-state index is 0.115. The summed E-state index contributed by atoms with van der Waals surface area (Å²) in [5.74, 6) is 1.56. The topological polar surface area (TPSA) is 61.3 Å². The maximum absolute atomic E-state index is 12.7. The van der Waals surface area contributed by atoms with E-state index >= 15 is 0 Å². The molecule has 1 amide bonds. The van der Waals surface area contributed by atoms with Gasteiger partial charge in [-0.05, 0) is 32.0 Å². The van der Waals surface area contributed by atoms with E-state index in [0.29, 0.717) is 5.92 Å². The van der Waals surface area contributed by atoms with Crippen LogP contribution in [-0.4, -0.2) is 76.8 Å². The first-order valence-corrected chi connectivity index (χ1v) is 11.5. The second-order valence-corrected chi connectivity index (χ2v) is 9.17. The molecule has 1 aromatic carbocycles. The van der Waals surface area contributed by atoms with E-state index in [0.717, 1.165) is 69.3 Å². The number of thiazole rings is 1. The Morgan fingerprint density at radius 2 is 1.97 bits per heavy atom. The third-order valence-electron chi connectivity index (χ3n) is 6.38. The van der Waals surface area contributed by atoms with Gasteiger partial charge in [0.1, 0.15) is 6.10 Å². The first-order valence-electron chi connectivity index (χ1n) is 10.6. The predicted octanol–water partition coefficient (Wildman–Crippen LogP) is 2.44. The highest BCUT2D eigenvalue weighted by Gasteiger charge is 2.42. The average Bonchev–Trinajstić information content (AvgIpc) is 3.40. The number of nitrogens with zero attached hydrogens (tertiary/aromatic N) is 5. The Morgan fingerprint density at radius 1 is 1.17 bits per heavy atom. The average molecular weight is 426 g/mol. The Bertz CT molecular complexity index is 923. The molecule has 0 saturated carbocycles. The van der Waals surface area contributed by atoms with Gasteiger partial charge in [-0.15, -0.1) is 11.3 Å². The van der Waals surface area contributed by atoms with Crippen LogP contribution in [0.1, 0.15) is 27.3 Å². The summed E-state index contributed by atoms with van der Waals surface area (Å²) in [4.78, 5) is 31.0. The van der Waals surface area contributed by atoms with E-state index in [-0.39, 0.29) is 12.0 Å². The largest absolute Gasteiger partial charge is 0.389 e. The second-order valence-electron chi connectivity index (χ2n) is 8.23. The highest BCUT2D eigenvalue weighted by molar-refractivity contribution is 7.09. The van der Waals surface area contributed by atoms with Gasteiger partial charge in [-0.25, -0.2) is 4.98 Å². The third kappa shape index (κ3) is 3.81. The quantitative estimate of drug-likeness (QED) is 0.756. The van der Waals surface area contributed by atoms with Gasteiger partial charge in [-0.3, -0.25) is 9.69 Å². The number of piperidine rings is 1. The summed E-state index contributed by atoms with van der Waals surface area (Å²) in [5.41, 5.74) is 3.82. The number of carbonyl (C=O) groups excluding carboxylic acids is 1. The molecule has 2 atom stereocenters. The van der Waals surface area contributed by atoms with Gasteiger partial charge in [0.15, 0.2) is 5.84 Å². The summed E-state index contributed by atoms with van der Waals surface area (Å²) in [6.07, 6.45) is 1.19. The molecule has 0 spiro atoms. The monoisotopic (exact) mass is 425 g/mol. The molecular formula is C22H27N5O2S. The molecule has 3 aliphatic heterocycles. The van der Waals surface area contributed by atoms with Crippen molar-refractivity contribution in [3.8, 4) is 0 Å². The second kappa shape index (κ2) is 8.35. The van der Waals surface area contributed by atoms with E-state index in [4.69, 9.17) is 4.84 Å². The molecule has 2 saturated heterocycles. The number of aryl methyl sites for hydroxylation is 1. The van der Waals surface area contributed by atoms with E-state index in [9.17, 15) is 4.79 Å². The Hall–Kier alpha value is -2.45. The highest BCUT2D eigenvalue weighted by Crippen LogP contribution is 2.30. The van der Waals surface area contributed by atoms with Crippen molar-refractivity contribution < 1.29 is 9.63 Å². The molecule has 8 heteroatoms. The highest BCUT2D eigenvalue weighted by atomic mass is 32.1. The summed E-state index contributed by atoms with van der Waals surface area (Å²) >= 11 is 1.73. The number of hydrogen-bond acceptors (Lipinski definition) is 7. The van der Waals surface area contributed by atoms with Gasteiger partial charge in [-0.1, -0.05) is 23.4 Å². The molecular weight excluding hydrogens is 398 g/mol. The lowest BCUT2D eigenvalue weighted by molar-refractivity contribution is 0.00383. The Balaban J connectivity index is 1.15. The van der Waals surface area contributed by atoms with Gasteiger partial charge in [0.05, 0.1) is 17.1 Å². The molecule has 0 aliphatic carbocycles. The van der Waals surface area contributed by atoms with E-state index < -0.39 is 0 Å². The summed E-state index contributed by atoms with van der Waals surface area (Å²) in [5, 5.41) is 4.48. The number of rotatable bonds is 3. The van der Waals surface area contributed by atoms with Crippen LogP contribution < -0.4 is 0 Å². The number of likely N-dealkylation sites (tertiary alicyclic amines) is 1. The van der Waals surface area contributed by atoms with Gasteiger partial charge in [0.25, 0.3) is 5.91 Å². The number of aromatic nitrogens is 1. The van der Waals surface area contributed by atoms with Crippen molar-refractivity contribution in [3.05, 3.63) is 52.0 Å². The molecule has 2 unspecified atom stereocenters. The third-order valence-corrected chi connectivity index (χ3v) is 7.30. The fraction of sp³-hybridized carbons (Fsp3) is 0.500. The number of oxime groups is 1. The fourth-order valence-corrected chi connectivity index (χ4v) is 5.41. The normalized spacial score (nSPS) is 24.4. The Morgan fingerprint density at radius 3 is 2.70 bits per heavy atom. The molecule has 7 nitrogen and oxygen atoms in total. The van der Waals surface area contributed by atoms with E-state index in [1.54, 1.807) is 11.3 Å². The molecule has 5 rings (SSSR count). The maximum atomic E-state index is 12.7. The number of amidine groups is 1.